The summed E-state index contributed by atoms with van der Waals surface area (Å²) in [7, 11) is -4.43. The van der Waals surface area contributed by atoms with E-state index in [1.165, 1.54) is 0 Å². The van der Waals surface area contributed by atoms with E-state index in [2.05, 4.69) is 4.72 Å². The first kappa shape index (κ1) is 17.2. The molecule has 1 aromatic rings. The lowest BCUT2D eigenvalue weighted by molar-refractivity contribution is -0.137. The molecule has 0 spiro atoms. The minimum Gasteiger partial charge on any atom is -0.329 e. The summed E-state index contributed by atoms with van der Waals surface area (Å²) in [5, 5.41) is 0. The van der Waals surface area contributed by atoms with Crippen molar-refractivity contribution in [1.29, 1.82) is 0 Å². The highest BCUT2D eigenvalue weighted by atomic mass is 32.2. The molecule has 1 fully saturated rings. The quantitative estimate of drug-likeness (QED) is 0.827. The van der Waals surface area contributed by atoms with Crippen LogP contribution in [-0.4, -0.2) is 20.5 Å². The van der Waals surface area contributed by atoms with Crippen LogP contribution in [0.4, 0.5) is 17.6 Å². The maximum absolute atomic E-state index is 13.7. The Morgan fingerprint density at radius 3 is 2.32 bits per heavy atom. The van der Waals surface area contributed by atoms with Crippen LogP contribution in [0.15, 0.2) is 23.1 Å². The molecule has 0 saturated heterocycles. The minimum atomic E-state index is -4.75. The van der Waals surface area contributed by atoms with Crippen LogP contribution >= 0.6 is 0 Å². The van der Waals surface area contributed by atoms with Gasteiger partial charge in [-0.15, -0.1) is 0 Å². The van der Waals surface area contributed by atoms with Crippen molar-refractivity contribution in [1.82, 2.24) is 4.72 Å². The predicted octanol–water partition coefficient (Wildman–Crippen LogP) is 2.39. The molecule has 1 aromatic carbocycles. The molecule has 22 heavy (non-hydrogen) atoms. The maximum atomic E-state index is 13.7. The first-order valence-corrected chi connectivity index (χ1v) is 8.19. The molecule has 0 radical (unpaired) electrons. The van der Waals surface area contributed by atoms with Crippen molar-refractivity contribution in [3.63, 3.8) is 0 Å². The second kappa shape index (κ2) is 5.78. The van der Waals surface area contributed by atoms with Crippen molar-refractivity contribution >= 4 is 10.0 Å². The van der Waals surface area contributed by atoms with Crippen LogP contribution in [0.1, 0.15) is 31.2 Å². The van der Waals surface area contributed by atoms with Gasteiger partial charge in [0.15, 0.2) is 0 Å². The van der Waals surface area contributed by atoms with E-state index in [0.717, 1.165) is 12.8 Å². The van der Waals surface area contributed by atoms with Crippen LogP contribution in [0, 0.1) is 5.82 Å². The average Bonchev–Trinajstić information content (AvgIpc) is 2.86. The molecule has 2 rings (SSSR count). The Kier molecular flexibility index (Phi) is 4.51. The largest absolute Gasteiger partial charge is 0.416 e. The van der Waals surface area contributed by atoms with Crippen LogP contribution in [0.5, 0.6) is 0 Å². The number of halogens is 4. The molecular formula is C13H16F4N2O2S. The fourth-order valence-electron chi connectivity index (χ4n) is 2.63. The summed E-state index contributed by atoms with van der Waals surface area (Å²) < 4.78 is 78.6. The Labute approximate surface area is 125 Å². The van der Waals surface area contributed by atoms with E-state index in [1.54, 1.807) is 0 Å². The van der Waals surface area contributed by atoms with E-state index in [4.69, 9.17) is 5.73 Å². The number of rotatable bonds is 4. The number of alkyl halides is 3. The molecular weight excluding hydrogens is 324 g/mol. The molecule has 0 atom stereocenters. The predicted molar refractivity (Wildman–Crippen MR) is 72.0 cm³/mol. The van der Waals surface area contributed by atoms with Crippen molar-refractivity contribution in [3.05, 3.63) is 29.6 Å². The summed E-state index contributed by atoms with van der Waals surface area (Å²) in [6.07, 6.45) is -2.29. The van der Waals surface area contributed by atoms with E-state index in [-0.39, 0.29) is 6.54 Å². The van der Waals surface area contributed by atoms with Crippen molar-refractivity contribution in [3.8, 4) is 0 Å². The average molecular weight is 340 g/mol. The van der Waals surface area contributed by atoms with Crippen molar-refractivity contribution in [2.75, 3.05) is 6.54 Å². The summed E-state index contributed by atoms with van der Waals surface area (Å²) in [5.41, 5.74) is 3.45. The number of hydrogen-bond donors (Lipinski definition) is 2. The standard InChI is InChI=1S/C13H16F4N2O2S/c14-10-4-3-9(13(15,16)17)7-11(10)22(20,21)19-12(8-18)5-1-2-6-12/h3-4,7,19H,1-2,5-6,8,18H2. The second-order valence-corrected chi connectivity index (χ2v) is 7.09. The molecule has 9 heteroatoms. The Balaban J connectivity index is 2.41. The summed E-state index contributed by atoms with van der Waals surface area (Å²) in [6.45, 7) is 0.00676. The molecule has 0 aromatic heterocycles. The normalized spacial score (nSPS) is 18.6. The summed E-state index contributed by atoms with van der Waals surface area (Å²) in [6, 6.07) is 1.31. The van der Waals surface area contributed by atoms with Crippen molar-refractivity contribution in [2.24, 2.45) is 5.73 Å². The van der Waals surface area contributed by atoms with Gasteiger partial charge in [0.1, 0.15) is 10.7 Å². The van der Waals surface area contributed by atoms with Gasteiger partial charge in [0.25, 0.3) is 0 Å². The van der Waals surface area contributed by atoms with Crippen molar-refractivity contribution < 1.29 is 26.0 Å². The Bertz CT molecular complexity index is 652. The Morgan fingerprint density at radius 2 is 1.82 bits per heavy atom. The highest BCUT2D eigenvalue weighted by Gasteiger charge is 2.39. The first-order chi connectivity index (χ1) is 10.1. The Hall–Kier alpha value is -1.19. The number of benzene rings is 1. The second-order valence-electron chi connectivity index (χ2n) is 5.44. The third-order valence-electron chi connectivity index (χ3n) is 3.85. The van der Waals surface area contributed by atoms with Crippen LogP contribution < -0.4 is 10.5 Å². The molecule has 0 bridgehead atoms. The van der Waals surface area contributed by atoms with E-state index in [9.17, 15) is 26.0 Å². The van der Waals surface area contributed by atoms with E-state index in [0.29, 0.717) is 31.0 Å². The molecule has 1 saturated carbocycles. The van der Waals surface area contributed by atoms with Crippen LogP contribution in [0.25, 0.3) is 0 Å². The van der Waals surface area contributed by atoms with Crippen LogP contribution in [-0.2, 0) is 16.2 Å². The highest BCUT2D eigenvalue weighted by Crippen LogP contribution is 2.33. The zero-order valence-electron chi connectivity index (χ0n) is 11.6. The molecule has 0 aliphatic heterocycles. The number of sulfonamides is 1. The van der Waals surface area contributed by atoms with Gasteiger partial charge in [0.2, 0.25) is 10.0 Å². The third-order valence-corrected chi connectivity index (χ3v) is 5.44. The fraction of sp³-hybridized carbons (Fsp3) is 0.538. The smallest absolute Gasteiger partial charge is 0.329 e. The molecule has 1 aliphatic rings. The van der Waals surface area contributed by atoms with Crippen LogP contribution in [0.2, 0.25) is 0 Å². The third kappa shape index (κ3) is 3.41. The molecule has 0 amide bonds. The van der Waals surface area contributed by atoms with Gasteiger partial charge < -0.3 is 5.73 Å². The molecule has 0 unspecified atom stereocenters. The fourth-order valence-corrected chi connectivity index (χ4v) is 4.20. The topological polar surface area (TPSA) is 72.2 Å². The monoisotopic (exact) mass is 340 g/mol. The summed E-state index contributed by atoms with van der Waals surface area (Å²) in [4.78, 5) is -1.01. The highest BCUT2D eigenvalue weighted by molar-refractivity contribution is 7.89. The van der Waals surface area contributed by atoms with Gasteiger partial charge in [-0.2, -0.15) is 13.2 Å². The van der Waals surface area contributed by atoms with Crippen LogP contribution in [0.3, 0.4) is 0 Å². The van der Waals surface area contributed by atoms with E-state index >= 15 is 0 Å². The molecule has 4 nitrogen and oxygen atoms in total. The van der Waals surface area contributed by atoms with Gasteiger partial charge in [-0.05, 0) is 31.0 Å². The van der Waals surface area contributed by atoms with Gasteiger partial charge in [-0.3, -0.25) is 0 Å². The van der Waals surface area contributed by atoms with Crippen molar-refractivity contribution in [2.45, 2.75) is 42.3 Å². The summed E-state index contributed by atoms with van der Waals surface area (Å²) in [5.74, 6) is -1.23. The van der Waals surface area contributed by atoms with Gasteiger partial charge in [-0.1, -0.05) is 12.8 Å². The molecule has 3 N–H and O–H groups in total. The van der Waals surface area contributed by atoms with Gasteiger partial charge in [-0.25, -0.2) is 17.5 Å². The lowest BCUT2D eigenvalue weighted by Gasteiger charge is -2.28. The van der Waals surface area contributed by atoms with Gasteiger partial charge in [0, 0.05) is 12.1 Å². The van der Waals surface area contributed by atoms with E-state index in [1.807, 2.05) is 0 Å². The number of nitrogens with two attached hydrogens (primary N) is 1. The first-order valence-electron chi connectivity index (χ1n) is 6.70. The zero-order chi connectivity index (χ0) is 16.6. The lowest BCUT2D eigenvalue weighted by Crippen LogP contribution is -2.51. The molecule has 0 heterocycles. The van der Waals surface area contributed by atoms with Gasteiger partial charge in [0.05, 0.1) is 5.56 Å². The van der Waals surface area contributed by atoms with E-state index < -0.39 is 38.0 Å². The zero-order valence-corrected chi connectivity index (χ0v) is 12.4. The van der Waals surface area contributed by atoms with Gasteiger partial charge >= 0.3 is 6.18 Å². The minimum absolute atomic E-state index is 0.00676. The SMILES string of the molecule is NCC1(NS(=O)(=O)c2cc(C(F)(F)F)ccc2F)CCCC1. The number of hydrogen-bond acceptors (Lipinski definition) is 3. The summed E-state index contributed by atoms with van der Waals surface area (Å²) >= 11 is 0. The molecule has 1 aliphatic carbocycles. The number of nitrogens with one attached hydrogen (secondary N) is 1. The maximum Gasteiger partial charge on any atom is 0.416 e. The molecule has 124 valence electrons. The lowest BCUT2D eigenvalue weighted by atomic mass is 10.0. The Morgan fingerprint density at radius 1 is 1.23 bits per heavy atom.